The van der Waals surface area contributed by atoms with Crippen LogP contribution < -0.4 is 10.0 Å². The van der Waals surface area contributed by atoms with E-state index < -0.39 is 10.2 Å². The molecular weight excluding hydrogens is 647 g/mol. The van der Waals surface area contributed by atoms with Gasteiger partial charge in [0.1, 0.15) is 0 Å². The van der Waals surface area contributed by atoms with Crippen LogP contribution >= 0.6 is 0 Å². The average molecular weight is 688 g/mol. The fourth-order valence-corrected chi connectivity index (χ4v) is 8.42. The first-order valence-corrected chi connectivity index (χ1v) is 18.4. The van der Waals surface area contributed by atoms with Crippen LogP contribution in [-0.4, -0.2) is 46.7 Å². The minimum atomic E-state index is -3.86. The van der Waals surface area contributed by atoms with Gasteiger partial charge in [0.25, 0.3) is 5.91 Å². The predicted octanol–water partition coefficient (Wildman–Crippen LogP) is 7.46. The van der Waals surface area contributed by atoms with Crippen LogP contribution in [0.2, 0.25) is 0 Å². The minimum absolute atomic E-state index is 0.0639. The number of nitrogens with zero attached hydrogens (tertiary/aromatic N) is 3. The van der Waals surface area contributed by atoms with Crippen molar-refractivity contribution in [1.82, 2.24) is 13.8 Å². The molecule has 0 radical (unpaired) electrons. The summed E-state index contributed by atoms with van der Waals surface area (Å²) in [6.07, 6.45) is 1.18. The number of aromatic nitrogens is 1. The number of hydrogen-bond acceptors (Lipinski definition) is 4. The summed E-state index contributed by atoms with van der Waals surface area (Å²) in [6.45, 7) is 8.80. The van der Waals surface area contributed by atoms with Gasteiger partial charge in [0.05, 0.1) is 5.69 Å². The lowest BCUT2D eigenvalue weighted by atomic mass is 9.89. The molecular formula is C40H41N5O4S. The Morgan fingerprint density at radius 2 is 1.38 bits per heavy atom. The summed E-state index contributed by atoms with van der Waals surface area (Å²) in [6, 6.07) is 29.8. The maximum atomic E-state index is 14.9. The molecule has 0 unspecified atom stereocenters. The van der Waals surface area contributed by atoms with Gasteiger partial charge in [0, 0.05) is 53.9 Å². The Hall–Kier alpha value is -5.19. The van der Waals surface area contributed by atoms with E-state index in [2.05, 4.69) is 29.1 Å². The summed E-state index contributed by atoms with van der Waals surface area (Å²) in [5, 5.41) is 3.03. The fraction of sp³-hybridized carbons (Fsp3) is 0.250. The topological polar surface area (TPSA) is 104 Å². The number of rotatable bonds is 6. The molecule has 50 heavy (non-hydrogen) atoms. The molecule has 0 saturated carbocycles. The van der Waals surface area contributed by atoms with Gasteiger partial charge in [-0.25, -0.2) is 4.79 Å². The van der Waals surface area contributed by atoms with Crippen molar-refractivity contribution in [3.05, 3.63) is 142 Å². The van der Waals surface area contributed by atoms with Gasteiger partial charge in [0.2, 0.25) is 0 Å². The van der Waals surface area contributed by atoms with E-state index in [9.17, 15) is 18.0 Å². The molecule has 4 aromatic carbocycles. The van der Waals surface area contributed by atoms with E-state index >= 15 is 0 Å². The van der Waals surface area contributed by atoms with Crippen molar-refractivity contribution in [3.63, 3.8) is 0 Å². The molecule has 10 heteroatoms. The van der Waals surface area contributed by atoms with Crippen molar-refractivity contribution in [3.8, 4) is 11.3 Å². The summed E-state index contributed by atoms with van der Waals surface area (Å²) in [5.41, 5.74) is 9.63. The number of amides is 2. The van der Waals surface area contributed by atoms with Crippen LogP contribution in [0.15, 0.2) is 97.1 Å². The second-order valence-electron chi connectivity index (χ2n) is 13.3. The maximum Gasteiger partial charge on any atom is 0.330 e. The summed E-state index contributed by atoms with van der Waals surface area (Å²) in [4.78, 5) is 30.8. The van der Waals surface area contributed by atoms with Gasteiger partial charge >= 0.3 is 16.2 Å². The number of benzene rings is 4. The zero-order chi connectivity index (χ0) is 35.2. The molecule has 0 bridgehead atoms. The summed E-state index contributed by atoms with van der Waals surface area (Å²) in [7, 11) is -3.86. The molecule has 1 atom stereocenters. The highest BCUT2D eigenvalue weighted by Gasteiger charge is 2.34. The molecule has 0 spiro atoms. The molecule has 2 amide bonds. The highest BCUT2D eigenvalue weighted by atomic mass is 32.2. The van der Waals surface area contributed by atoms with Crippen LogP contribution in [0.5, 0.6) is 0 Å². The van der Waals surface area contributed by atoms with Crippen molar-refractivity contribution in [1.29, 1.82) is 0 Å². The molecule has 2 N–H and O–H groups in total. The van der Waals surface area contributed by atoms with E-state index in [1.54, 1.807) is 28.8 Å². The molecule has 2 aliphatic rings. The number of nitrogens with one attached hydrogen (secondary N) is 2. The van der Waals surface area contributed by atoms with Crippen molar-refractivity contribution in [2.24, 2.45) is 0 Å². The number of carbonyl (C=O) groups is 2. The predicted molar refractivity (Wildman–Crippen MR) is 198 cm³/mol. The summed E-state index contributed by atoms with van der Waals surface area (Å²) in [5.74, 6) is -0.155. The Morgan fingerprint density at radius 3 is 2.08 bits per heavy atom. The van der Waals surface area contributed by atoms with Crippen LogP contribution in [0.4, 0.5) is 16.2 Å². The monoisotopic (exact) mass is 687 g/mol. The van der Waals surface area contributed by atoms with Crippen molar-refractivity contribution in [2.75, 3.05) is 16.6 Å². The SMILES string of the molecule is Cc1c(C)c(-c2cc3c(cc2C(=O)N2Cc4ccccc4C[C@H]2C)CN(S(=O)(=O)Nc2ccccc2)CC3)n(C(=O)Nc2ccccc2)c1C. The second kappa shape index (κ2) is 13.3. The number of anilines is 2. The van der Waals surface area contributed by atoms with Crippen LogP contribution in [0, 0.1) is 20.8 Å². The summed E-state index contributed by atoms with van der Waals surface area (Å²) >= 11 is 0. The van der Waals surface area contributed by atoms with Gasteiger partial charge < -0.3 is 10.2 Å². The maximum absolute atomic E-state index is 14.9. The van der Waals surface area contributed by atoms with Crippen molar-refractivity contribution < 1.29 is 18.0 Å². The Morgan fingerprint density at radius 1 is 0.740 bits per heavy atom. The van der Waals surface area contributed by atoms with E-state index in [0.29, 0.717) is 41.2 Å². The van der Waals surface area contributed by atoms with Gasteiger partial charge in [-0.2, -0.15) is 12.7 Å². The Bertz CT molecular complexity index is 2210. The summed E-state index contributed by atoms with van der Waals surface area (Å²) < 4.78 is 32.8. The molecule has 0 fully saturated rings. The molecule has 9 nitrogen and oxygen atoms in total. The van der Waals surface area contributed by atoms with Crippen LogP contribution in [0.25, 0.3) is 11.3 Å². The Labute approximate surface area is 293 Å². The quantitative estimate of drug-likeness (QED) is 0.193. The van der Waals surface area contributed by atoms with E-state index in [-0.39, 0.29) is 31.1 Å². The smallest absolute Gasteiger partial charge is 0.330 e. The third kappa shape index (κ3) is 6.21. The van der Waals surface area contributed by atoms with Gasteiger partial charge in [-0.15, -0.1) is 0 Å². The van der Waals surface area contributed by atoms with Gasteiger partial charge in [-0.3, -0.25) is 14.1 Å². The molecule has 0 aliphatic carbocycles. The van der Waals surface area contributed by atoms with Crippen molar-refractivity contribution in [2.45, 2.75) is 59.7 Å². The highest BCUT2D eigenvalue weighted by molar-refractivity contribution is 7.90. The number of para-hydroxylation sites is 2. The van der Waals surface area contributed by atoms with E-state index in [1.807, 2.05) is 86.3 Å². The highest BCUT2D eigenvalue weighted by Crippen LogP contribution is 2.38. The normalized spacial score (nSPS) is 16.0. The first kappa shape index (κ1) is 33.3. The number of carbonyl (C=O) groups excluding carboxylic acids is 2. The molecule has 7 rings (SSSR count). The third-order valence-corrected chi connectivity index (χ3v) is 11.7. The minimum Gasteiger partial charge on any atom is -0.331 e. The standard InChI is InChI=1S/C40H41N5O4S/c1-26-21-30-13-11-12-14-32(30)25-44(26)39(46)37-23-33-24-43(50(48,49)42-35-17-9-6-10-18-35)20-19-31(33)22-36(37)38-28(3)27(2)29(4)45(38)40(47)41-34-15-7-5-8-16-34/h5-18,22-23,26,42H,19-21,24-25H2,1-4H3,(H,41,47)/t26-/m1/s1. The number of hydrogen-bond donors (Lipinski definition) is 2. The molecule has 0 saturated heterocycles. The van der Waals surface area contributed by atoms with E-state index in [4.69, 9.17) is 0 Å². The lowest BCUT2D eigenvalue weighted by Crippen LogP contribution is -2.43. The van der Waals surface area contributed by atoms with Gasteiger partial charge in [-0.05, 0) is 110 Å². The molecule has 2 aliphatic heterocycles. The van der Waals surface area contributed by atoms with Gasteiger partial charge in [0.15, 0.2) is 0 Å². The second-order valence-corrected chi connectivity index (χ2v) is 15.0. The lowest BCUT2D eigenvalue weighted by molar-refractivity contribution is 0.0658. The first-order chi connectivity index (χ1) is 24.0. The van der Waals surface area contributed by atoms with E-state index in [0.717, 1.165) is 39.9 Å². The Balaban J connectivity index is 1.34. The Kier molecular flexibility index (Phi) is 8.84. The number of fused-ring (bicyclic) bond motifs is 2. The zero-order valence-corrected chi connectivity index (χ0v) is 29.5. The first-order valence-electron chi connectivity index (χ1n) is 16.9. The van der Waals surface area contributed by atoms with Crippen LogP contribution in [0.3, 0.4) is 0 Å². The molecule has 5 aromatic rings. The zero-order valence-electron chi connectivity index (χ0n) is 28.7. The van der Waals surface area contributed by atoms with Crippen LogP contribution in [-0.2, 0) is 36.1 Å². The molecule has 1 aromatic heterocycles. The molecule has 3 heterocycles. The van der Waals surface area contributed by atoms with Crippen LogP contribution in [0.1, 0.15) is 56.4 Å². The van der Waals surface area contributed by atoms with Crippen molar-refractivity contribution >= 4 is 33.5 Å². The fourth-order valence-electron chi connectivity index (χ4n) is 7.22. The largest absolute Gasteiger partial charge is 0.331 e. The lowest BCUT2D eigenvalue weighted by Gasteiger charge is -2.36. The molecule has 256 valence electrons. The van der Waals surface area contributed by atoms with E-state index in [1.165, 1.54) is 9.87 Å². The average Bonchev–Trinajstić information content (AvgIpc) is 3.34. The third-order valence-electron chi connectivity index (χ3n) is 10.2. The van der Waals surface area contributed by atoms with Gasteiger partial charge in [-0.1, -0.05) is 60.7 Å².